The normalized spacial score (nSPS) is 10.9. The summed E-state index contributed by atoms with van der Waals surface area (Å²) in [6.07, 6.45) is -3.20. The number of benzene rings is 1. The summed E-state index contributed by atoms with van der Waals surface area (Å²) in [5.74, 6) is -0.487. The summed E-state index contributed by atoms with van der Waals surface area (Å²) >= 11 is 0. The van der Waals surface area contributed by atoms with Crippen molar-refractivity contribution >= 4 is 18.3 Å². The molecule has 1 aromatic carbocycles. The van der Waals surface area contributed by atoms with Gasteiger partial charge in [0.25, 0.3) is 5.91 Å². The molecule has 1 aromatic heterocycles. The second kappa shape index (κ2) is 7.23. The average molecular weight is 336 g/mol. The molecule has 1 heterocycles. The first kappa shape index (κ1) is 17.9. The lowest BCUT2D eigenvalue weighted by atomic mass is 10.2. The highest BCUT2D eigenvalue weighted by Crippen LogP contribution is 2.30. The Labute approximate surface area is 129 Å². The topological polar surface area (TPSA) is 85.8 Å². The molecule has 0 radical (unpaired) electrons. The van der Waals surface area contributed by atoms with Gasteiger partial charge in [0.2, 0.25) is 0 Å². The summed E-state index contributed by atoms with van der Waals surface area (Å²) in [6.45, 7) is 0.544. The van der Waals surface area contributed by atoms with Gasteiger partial charge in [0.05, 0.1) is 17.4 Å². The van der Waals surface area contributed by atoms with Crippen molar-refractivity contribution in [2.45, 2.75) is 6.18 Å². The Hall–Kier alpha value is -2.13. The fourth-order valence-electron chi connectivity index (χ4n) is 1.60. The lowest BCUT2D eigenvalue weighted by Crippen LogP contribution is -2.29. The first-order chi connectivity index (χ1) is 9.91. The number of amides is 1. The molecular weight excluding hydrogens is 323 g/mol. The lowest BCUT2D eigenvalue weighted by molar-refractivity contribution is -0.137. The van der Waals surface area contributed by atoms with E-state index in [0.29, 0.717) is 0 Å². The number of nitrogens with zero attached hydrogens (tertiary/aromatic N) is 3. The maximum Gasteiger partial charge on any atom is 0.416 e. The molecule has 1 amide bonds. The van der Waals surface area contributed by atoms with Crippen molar-refractivity contribution in [1.29, 1.82) is 0 Å². The number of hydrogen-bond acceptors (Lipinski definition) is 4. The second-order valence-corrected chi connectivity index (χ2v) is 4.14. The van der Waals surface area contributed by atoms with Crippen molar-refractivity contribution < 1.29 is 18.0 Å². The van der Waals surface area contributed by atoms with E-state index in [2.05, 4.69) is 15.6 Å². The summed E-state index contributed by atoms with van der Waals surface area (Å²) in [5.41, 5.74) is 4.61. The predicted octanol–water partition coefficient (Wildman–Crippen LogP) is 1.40. The zero-order valence-electron chi connectivity index (χ0n) is 11.2. The third-order valence-corrected chi connectivity index (χ3v) is 2.59. The van der Waals surface area contributed by atoms with Gasteiger partial charge in [0.1, 0.15) is 0 Å². The van der Waals surface area contributed by atoms with E-state index in [1.807, 2.05) is 0 Å². The number of carbonyl (C=O) groups excluding carboxylic acids is 1. The third-order valence-electron chi connectivity index (χ3n) is 2.59. The van der Waals surface area contributed by atoms with Crippen LogP contribution in [0.15, 0.2) is 30.5 Å². The Kier molecular flexibility index (Phi) is 5.89. The van der Waals surface area contributed by atoms with Crippen LogP contribution >= 0.6 is 12.4 Å². The van der Waals surface area contributed by atoms with E-state index in [1.54, 1.807) is 0 Å². The van der Waals surface area contributed by atoms with Crippen LogP contribution in [0.5, 0.6) is 0 Å². The lowest BCUT2D eigenvalue weighted by Gasteiger charge is -2.08. The van der Waals surface area contributed by atoms with Crippen molar-refractivity contribution in [1.82, 2.24) is 20.3 Å². The Balaban J connectivity index is 0.00000242. The van der Waals surface area contributed by atoms with Crippen LogP contribution in [0.25, 0.3) is 5.69 Å². The van der Waals surface area contributed by atoms with E-state index < -0.39 is 17.6 Å². The van der Waals surface area contributed by atoms with Gasteiger partial charge in [-0.15, -0.1) is 17.5 Å². The van der Waals surface area contributed by atoms with E-state index in [9.17, 15) is 18.0 Å². The molecule has 0 saturated heterocycles. The first-order valence-corrected chi connectivity index (χ1v) is 6.00. The maximum absolute atomic E-state index is 12.6. The standard InChI is InChI=1S/C12H12F3N5O.ClH/c13-12(14,15)8-2-1-3-9(6-8)20-7-10(18-19-20)11(21)17-5-4-16;/h1-3,6-7H,4-5,16H2,(H,17,21);1H. The minimum atomic E-state index is -4.45. The predicted molar refractivity (Wildman–Crippen MR) is 75.0 cm³/mol. The number of rotatable bonds is 4. The summed E-state index contributed by atoms with van der Waals surface area (Å²) in [4.78, 5) is 11.6. The molecule has 6 nitrogen and oxygen atoms in total. The molecule has 22 heavy (non-hydrogen) atoms. The molecule has 120 valence electrons. The molecule has 0 aliphatic rings. The maximum atomic E-state index is 12.6. The summed E-state index contributed by atoms with van der Waals surface area (Å²) in [6, 6.07) is 4.57. The number of hydrogen-bond donors (Lipinski definition) is 2. The second-order valence-electron chi connectivity index (χ2n) is 4.14. The van der Waals surface area contributed by atoms with Gasteiger partial charge in [0.15, 0.2) is 5.69 Å². The van der Waals surface area contributed by atoms with Gasteiger partial charge in [-0.1, -0.05) is 11.3 Å². The summed E-state index contributed by atoms with van der Waals surface area (Å²) in [7, 11) is 0. The van der Waals surface area contributed by atoms with Crippen molar-refractivity contribution in [2.24, 2.45) is 5.73 Å². The van der Waals surface area contributed by atoms with Crippen LogP contribution in [0, 0.1) is 0 Å². The van der Waals surface area contributed by atoms with Gasteiger partial charge in [-0.25, -0.2) is 4.68 Å². The molecule has 3 N–H and O–H groups in total. The van der Waals surface area contributed by atoms with Crippen molar-refractivity contribution in [2.75, 3.05) is 13.1 Å². The van der Waals surface area contributed by atoms with E-state index >= 15 is 0 Å². The number of halogens is 4. The highest BCUT2D eigenvalue weighted by molar-refractivity contribution is 5.91. The smallest absolute Gasteiger partial charge is 0.349 e. The monoisotopic (exact) mass is 335 g/mol. The molecule has 0 aliphatic heterocycles. The Morgan fingerprint density at radius 3 is 2.73 bits per heavy atom. The third kappa shape index (κ3) is 4.18. The van der Waals surface area contributed by atoms with Crippen LogP contribution < -0.4 is 11.1 Å². The molecule has 10 heteroatoms. The molecule has 2 rings (SSSR count). The fourth-order valence-corrected chi connectivity index (χ4v) is 1.60. The van der Waals surface area contributed by atoms with Gasteiger partial charge in [-0.2, -0.15) is 13.2 Å². The van der Waals surface area contributed by atoms with Crippen LogP contribution in [0.4, 0.5) is 13.2 Å². The molecule has 0 bridgehead atoms. The van der Waals surface area contributed by atoms with E-state index in [0.717, 1.165) is 16.8 Å². The molecule has 0 saturated carbocycles. The van der Waals surface area contributed by atoms with Gasteiger partial charge in [-0.05, 0) is 18.2 Å². The van der Waals surface area contributed by atoms with Crippen LogP contribution in [0.1, 0.15) is 16.1 Å². The van der Waals surface area contributed by atoms with E-state index in [1.165, 1.54) is 18.3 Å². The molecule has 0 atom stereocenters. The minimum Gasteiger partial charge on any atom is -0.349 e. The van der Waals surface area contributed by atoms with Crippen molar-refractivity contribution in [3.05, 3.63) is 41.7 Å². The molecular formula is C12H13ClF3N5O. The van der Waals surface area contributed by atoms with E-state index in [-0.39, 0.29) is 36.9 Å². The van der Waals surface area contributed by atoms with Gasteiger partial charge >= 0.3 is 6.18 Å². The number of nitrogens with two attached hydrogens (primary N) is 1. The Morgan fingerprint density at radius 1 is 1.36 bits per heavy atom. The summed E-state index contributed by atoms with van der Waals surface area (Å²) < 4.78 is 39.0. The molecule has 0 unspecified atom stereocenters. The Bertz CT molecular complexity index is 644. The summed E-state index contributed by atoms with van der Waals surface area (Å²) in [5, 5.41) is 9.75. The fraction of sp³-hybridized carbons (Fsp3) is 0.250. The van der Waals surface area contributed by atoms with Gasteiger partial charge < -0.3 is 11.1 Å². The first-order valence-electron chi connectivity index (χ1n) is 6.00. The molecule has 2 aromatic rings. The number of alkyl halides is 3. The number of nitrogens with one attached hydrogen (secondary N) is 1. The van der Waals surface area contributed by atoms with Crippen LogP contribution in [-0.2, 0) is 6.18 Å². The highest BCUT2D eigenvalue weighted by Gasteiger charge is 2.30. The minimum absolute atomic E-state index is 0. The van der Waals surface area contributed by atoms with Crippen LogP contribution in [-0.4, -0.2) is 34.0 Å². The van der Waals surface area contributed by atoms with Crippen molar-refractivity contribution in [3.8, 4) is 5.69 Å². The zero-order chi connectivity index (χ0) is 15.5. The Morgan fingerprint density at radius 2 is 2.09 bits per heavy atom. The molecule has 0 spiro atoms. The van der Waals surface area contributed by atoms with Gasteiger partial charge in [-0.3, -0.25) is 4.79 Å². The van der Waals surface area contributed by atoms with Crippen LogP contribution in [0.2, 0.25) is 0 Å². The zero-order valence-corrected chi connectivity index (χ0v) is 12.0. The van der Waals surface area contributed by atoms with Crippen LogP contribution in [0.3, 0.4) is 0 Å². The average Bonchev–Trinajstić information content (AvgIpc) is 2.94. The number of carbonyl (C=O) groups is 1. The SMILES string of the molecule is Cl.NCCNC(=O)c1cn(-c2cccc(C(F)(F)F)c2)nn1. The highest BCUT2D eigenvalue weighted by atomic mass is 35.5. The van der Waals surface area contributed by atoms with Gasteiger partial charge in [0, 0.05) is 13.1 Å². The van der Waals surface area contributed by atoms with E-state index in [4.69, 9.17) is 5.73 Å². The van der Waals surface area contributed by atoms with Crippen molar-refractivity contribution in [3.63, 3.8) is 0 Å². The molecule has 0 aliphatic carbocycles. The largest absolute Gasteiger partial charge is 0.416 e. The number of aromatic nitrogens is 3. The quantitative estimate of drug-likeness (QED) is 0.884. The molecule has 0 fully saturated rings.